The molecular weight excluding hydrogens is 204 g/mol. The van der Waals surface area contributed by atoms with Crippen molar-refractivity contribution in [2.24, 2.45) is 0 Å². The van der Waals surface area contributed by atoms with Gasteiger partial charge >= 0.3 is 0 Å². The second kappa shape index (κ2) is 10.4. The molecule has 0 amide bonds. The van der Waals surface area contributed by atoms with Gasteiger partial charge in [-0.2, -0.15) is 0 Å². The minimum absolute atomic E-state index is 0.960. The third kappa shape index (κ3) is 8.88. The highest BCUT2D eigenvalue weighted by molar-refractivity contribution is 5.21. The van der Waals surface area contributed by atoms with E-state index in [9.17, 15) is 0 Å². The fraction of sp³-hybridized carbons (Fsp3) is 0.0588. The van der Waals surface area contributed by atoms with E-state index in [1.165, 1.54) is 0 Å². The largest absolute Gasteiger partial charge is 0.0807 e. The molecule has 17 heavy (non-hydrogen) atoms. The van der Waals surface area contributed by atoms with Gasteiger partial charge in [0.15, 0.2) is 0 Å². The van der Waals surface area contributed by atoms with Crippen LogP contribution < -0.4 is 0 Å². The Hall–Kier alpha value is -2.08. The highest BCUT2D eigenvalue weighted by atomic mass is 13.8. The van der Waals surface area contributed by atoms with E-state index in [4.69, 9.17) is 0 Å². The summed E-state index contributed by atoms with van der Waals surface area (Å²) in [7, 11) is 0. The van der Waals surface area contributed by atoms with Gasteiger partial charge in [-0.15, -0.1) is 0 Å². The lowest BCUT2D eigenvalue weighted by molar-refractivity contribution is 1.39. The standard InChI is InChI=1S/C17H18/c1-2-4-6-8-10-12-14-16-17-15-13-11-9-7-5-3-1/h1-16H,17H2/b3-1+,4-2+,7-5-,8-6-,11-9+,12-10+,15-13+,16-14?. The van der Waals surface area contributed by atoms with Crippen LogP contribution in [0.4, 0.5) is 0 Å². The van der Waals surface area contributed by atoms with Crippen LogP contribution in [0.5, 0.6) is 0 Å². The first-order chi connectivity index (χ1) is 8.50. The zero-order valence-corrected chi connectivity index (χ0v) is 9.94. The highest BCUT2D eigenvalue weighted by Gasteiger charge is 1.69. The summed E-state index contributed by atoms with van der Waals surface area (Å²) in [4.78, 5) is 0. The predicted molar refractivity (Wildman–Crippen MR) is 77.7 cm³/mol. The molecule has 0 heterocycles. The lowest BCUT2D eigenvalue weighted by atomic mass is 10.3. The molecule has 1 aliphatic carbocycles. The maximum absolute atomic E-state index is 2.12. The van der Waals surface area contributed by atoms with Gasteiger partial charge in [0.05, 0.1) is 0 Å². The average molecular weight is 222 g/mol. The molecule has 0 heteroatoms. The molecule has 0 aromatic rings. The molecule has 0 spiro atoms. The first kappa shape index (κ1) is 13.0. The van der Waals surface area contributed by atoms with Crippen LogP contribution >= 0.6 is 0 Å². The Kier molecular flexibility index (Phi) is 7.97. The van der Waals surface area contributed by atoms with Crippen LogP contribution in [0.2, 0.25) is 0 Å². The van der Waals surface area contributed by atoms with E-state index in [-0.39, 0.29) is 0 Å². The molecule has 0 radical (unpaired) electrons. The van der Waals surface area contributed by atoms with Gasteiger partial charge in [-0.1, -0.05) is 97.2 Å². The number of rotatable bonds is 0. The van der Waals surface area contributed by atoms with Gasteiger partial charge in [-0.25, -0.2) is 0 Å². The van der Waals surface area contributed by atoms with Crippen molar-refractivity contribution in [3.05, 3.63) is 97.2 Å². The first-order valence-corrected chi connectivity index (χ1v) is 5.82. The Morgan fingerprint density at radius 1 is 0.294 bits per heavy atom. The molecule has 0 saturated carbocycles. The van der Waals surface area contributed by atoms with Crippen molar-refractivity contribution in [2.45, 2.75) is 6.42 Å². The normalized spacial score (nSPS) is 29.6. The fourth-order valence-electron chi connectivity index (χ4n) is 1.16. The summed E-state index contributed by atoms with van der Waals surface area (Å²) in [5, 5.41) is 0. The van der Waals surface area contributed by atoms with Crippen molar-refractivity contribution in [3.63, 3.8) is 0 Å². The minimum atomic E-state index is 0.960. The predicted octanol–water partition coefficient (Wildman–Crippen LogP) is 4.84. The fourth-order valence-corrected chi connectivity index (χ4v) is 1.16. The van der Waals surface area contributed by atoms with Gasteiger partial charge in [-0.3, -0.25) is 0 Å². The van der Waals surface area contributed by atoms with Crippen molar-refractivity contribution < 1.29 is 0 Å². The monoisotopic (exact) mass is 222 g/mol. The third-order valence-electron chi connectivity index (χ3n) is 1.99. The van der Waals surface area contributed by atoms with Crippen LogP contribution in [0.25, 0.3) is 0 Å². The lowest BCUT2D eigenvalue weighted by Crippen LogP contribution is -1.57. The summed E-state index contributed by atoms with van der Waals surface area (Å²) in [5.41, 5.74) is 0. The molecule has 86 valence electrons. The molecule has 0 aliphatic heterocycles. The second-order valence-corrected chi connectivity index (χ2v) is 3.40. The maximum atomic E-state index is 2.12. The van der Waals surface area contributed by atoms with Crippen LogP contribution in [-0.2, 0) is 0 Å². The van der Waals surface area contributed by atoms with Gasteiger partial charge in [0.2, 0.25) is 0 Å². The Bertz CT molecular complexity index is 367. The van der Waals surface area contributed by atoms with E-state index in [1.54, 1.807) is 0 Å². The van der Waals surface area contributed by atoms with Crippen molar-refractivity contribution in [2.75, 3.05) is 0 Å². The minimum Gasteiger partial charge on any atom is -0.0807 e. The Balaban J connectivity index is 2.62. The number of hydrogen-bond acceptors (Lipinski definition) is 0. The van der Waals surface area contributed by atoms with Crippen molar-refractivity contribution in [1.82, 2.24) is 0 Å². The van der Waals surface area contributed by atoms with Crippen LogP contribution in [0.15, 0.2) is 97.2 Å². The van der Waals surface area contributed by atoms with Crippen LogP contribution in [0.3, 0.4) is 0 Å². The van der Waals surface area contributed by atoms with E-state index < -0.39 is 0 Å². The van der Waals surface area contributed by atoms with E-state index in [2.05, 4.69) is 24.3 Å². The molecule has 1 aliphatic rings. The zero-order valence-electron chi connectivity index (χ0n) is 9.94. The Labute approximate surface area is 104 Å². The maximum Gasteiger partial charge on any atom is -0.0163 e. The Morgan fingerprint density at radius 2 is 0.529 bits per heavy atom. The van der Waals surface area contributed by atoms with Crippen molar-refractivity contribution in [1.29, 1.82) is 0 Å². The molecular formula is C17H18. The van der Waals surface area contributed by atoms with Crippen molar-refractivity contribution in [3.8, 4) is 0 Å². The Morgan fingerprint density at radius 3 is 0.824 bits per heavy atom. The number of hydrogen-bond donors (Lipinski definition) is 0. The second-order valence-electron chi connectivity index (χ2n) is 3.40. The van der Waals surface area contributed by atoms with Gasteiger partial charge in [0.25, 0.3) is 0 Å². The van der Waals surface area contributed by atoms with Gasteiger partial charge in [-0.05, 0) is 6.42 Å². The quantitative estimate of drug-likeness (QED) is 0.550. The molecule has 0 aromatic carbocycles. The zero-order chi connectivity index (χ0) is 12.0. The molecule has 0 saturated heterocycles. The molecule has 1 rings (SSSR count). The van der Waals surface area contributed by atoms with Crippen LogP contribution in [0, 0.1) is 0 Å². The molecule has 0 aromatic heterocycles. The molecule has 0 nitrogen and oxygen atoms in total. The molecule has 0 N–H and O–H groups in total. The topological polar surface area (TPSA) is 0 Å². The van der Waals surface area contributed by atoms with E-state index >= 15 is 0 Å². The molecule has 0 fully saturated rings. The van der Waals surface area contributed by atoms with Gasteiger partial charge in [0, 0.05) is 0 Å². The van der Waals surface area contributed by atoms with Gasteiger partial charge in [0.1, 0.15) is 0 Å². The summed E-state index contributed by atoms with van der Waals surface area (Å²) >= 11 is 0. The average Bonchev–Trinajstić information content (AvgIpc) is 2.35. The van der Waals surface area contributed by atoms with Gasteiger partial charge < -0.3 is 0 Å². The summed E-state index contributed by atoms with van der Waals surface area (Å²) in [6.45, 7) is 0. The van der Waals surface area contributed by atoms with E-state index in [1.807, 2.05) is 72.9 Å². The first-order valence-electron chi connectivity index (χ1n) is 5.82. The SMILES string of the molecule is C1=CC/C=C/C=C/C=C\C=C\C=C\C=C/C=C/1. The molecule has 0 unspecified atom stereocenters. The highest BCUT2D eigenvalue weighted by Crippen LogP contribution is 1.90. The summed E-state index contributed by atoms with van der Waals surface area (Å²) < 4.78 is 0. The molecule has 0 atom stereocenters. The smallest absolute Gasteiger partial charge is 0.0163 e. The number of allylic oxidation sites excluding steroid dienone is 16. The summed E-state index contributed by atoms with van der Waals surface area (Å²) in [6.07, 6.45) is 33.5. The van der Waals surface area contributed by atoms with Crippen LogP contribution in [-0.4, -0.2) is 0 Å². The third-order valence-corrected chi connectivity index (χ3v) is 1.99. The van der Waals surface area contributed by atoms with E-state index in [0.717, 1.165) is 6.42 Å². The lowest BCUT2D eigenvalue weighted by Gasteiger charge is -1.78. The van der Waals surface area contributed by atoms with Crippen molar-refractivity contribution >= 4 is 0 Å². The van der Waals surface area contributed by atoms with E-state index in [0.29, 0.717) is 0 Å². The summed E-state index contributed by atoms with van der Waals surface area (Å²) in [5.74, 6) is 0. The molecule has 0 bridgehead atoms. The van der Waals surface area contributed by atoms with Crippen LogP contribution in [0.1, 0.15) is 6.42 Å². The summed E-state index contributed by atoms with van der Waals surface area (Å²) in [6, 6.07) is 0.